The summed E-state index contributed by atoms with van der Waals surface area (Å²) < 4.78 is 16.6. The number of aromatic carboxylic acids is 1. The molecule has 1 saturated heterocycles. The fourth-order valence-electron chi connectivity index (χ4n) is 3.40. The number of nitrogens with one attached hydrogen (secondary N) is 1. The van der Waals surface area contributed by atoms with Crippen LogP contribution in [0.3, 0.4) is 0 Å². The highest BCUT2D eigenvalue weighted by atomic mass is 35.5. The van der Waals surface area contributed by atoms with Crippen molar-refractivity contribution in [1.82, 2.24) is 5.32 Å². The first kappa shape index (κ1) is 25.0. The molecule has 2 amide bonds. The maximum Gasteiger partial charge on any atom is 0.371 e. The summed E-state index contributed by atoms with van der Waals surface area (Å²) in [5.41, 5.74) is 0.803. The summed E-state index contributed by atoms with van der Waals surface area (Å²) in [6, 6.07) is 14.3. The minimum Gasteiger partial charge on any atom is -0.490 e. The van der Waals surface area contributed by atoms with Crippen molar-refractivity contribution in [2.45, 2.75) is 13.5 Å². The van der Waals surface area contributed by atoms with E-state index in [4.69, 9.17) is 42.8 Å². The lowest BCUT2D eigenvalue weighted by Crippen LogP contribution is -2.54. The monoisotopic (exact) mass is 526 g/mol. The molecule has 4 rings (SSSR count). The molecule has 2 heterocycles. The lowest BCUT2D eigenvalue weighted by molar-refractivity contribution is -0.122. The third kappa shape index (κ3) is 5.40. The quantitative estimate of drug-likeness (QED) is 0.251. The largest absolute Gasteiger partial charge is 0.490 e. The Hall–Kier alpha value is -4.15. The Kier molecular flexibility index (Phi) is 7.37. The third-order valence-corrected chi connectivity index (χ3v) is 5.51. The number of carboxylic acid groups (broad SMARTS) is 1. The molecule has 184 valence electrons. The highest BCUT2D eigenvalue weighted by Crippen LogP contribution is 2.31. The standard InChI is InChI=1S/C25H19ClN2O7S/c1-2-33-21-11-14(6-8-19(21)34-13-17-7-9-20(35-17)24(31)32)10-18-22(29)27-25(36)28(23(18)30)16-5-3-4-15(26)12-16/h3-12H,2,13H2,1H3,(H,31,32)(H,27,29,36). The van der Waals surface area contributed by atoms with Crippen LogP contribution in [0.15, 0.2) is 64.6 Å². The van der Waals surface area contributed by atoms with Gasteiger partial charge in [-0.2, -0.15) is 0 Å². The van der Waals surface area contributed by atoms with E-state index in [0.717, 1.165) is 0 Å². The number of ether oxygens (including phenoxy) is 2. The second-order valence-corrected chi connectivity index (χ2v) is 8.26. The fraction of sp³-hybridized carbons (Fsp3) is 0.120. The summed E-state index contributed by atoms with van der Waals surface area (Å²) in [4.78, 5) is 38.0. The Morgan fingerprint density at radius 2 is 1.94 bits per heavy atom. The van der Waals surface area contributed by atoms with Gasteiger partial charge in [-0.1, -0.05) is 23.7 Å². The molecule has 9 nitrogen and oxygen atoms in total. The normalized spacial score (nSPS) is 14.7. The average Bonchev–Trinajstić information content (AvgIpc) is 3.31. The zero-order valence-corrected chi connectivity index (χ0v) is 20.4. The SMILES string of the molecule is CCOc1cc(C=C2C(=O)NC(=S)N(c3cccc(Cl)c3)C2=O)ccc1OCc1ccc(C(=O)O)o1. The van der Waals surface area contributed by atoms with E-state index in [1.807, 2.05) is 0 Å². The molecule has 2 aromatic carbocycles. The van der Waals surface area contributed by atoms with Gasteiger partial charge in [-0.05, 0) is 73.2 Å². The van der Waals surface area contributed by atoms with Crippen molar-refractivity contribution in [2.24, 2.45) is 0 Å². The smallest absolute Gasteiger partial charge is 0.371 e. The average molecular weight is 527 g/mol. The molecule has 1 fully saturated rings. The molecule has 0 saturated carbocycles. The maximum atomic E-state index is 13.2. The summed E-state index contributed by atoms with van der Waals surface area (Å²) >= 11 is 11.3. The Balaban J connectivity index is 1.59. The fourth-order valence-corrected chi connectivity index (χ4v) is 3.86. The van der Waals surface area contributed by atoms with Crippen LogP contribution in [-0.2, 0) is 16.2 Å². The third-order valence-electron chi connectivity index (χ3n) is 4.99. The number of carbonyl (C=O) groups excluding carboxylic acids is 2. The number of nitrogens with zero attached hydrogens (tertiary/aromatic N) is 1. The van der Waals surface area contributed by atoms with Gasteiger partial charge < -0.3 is 19.0 Å². The van der Waals surface area contributed by atoms with Gasteiger partial charge in [0.25, 0.3) is 11.8 Å². The van der Waals surface area contributed by atoms with Gasteiger partial charge in [-0.3, -0.25) is 19.8 Å². The molecule has 0 radical (unpaired) electrons. The van der Waals surface area contributed by atoms with Crippen molar-refractivity contribution in [3.8, 4) is 11.5 Å². The first-order chi connectivity index (χ1) is 17.3. The van der Waals surface area contributed by atoms with E-state index in [9.17, 15) is 14.4 Å². The van der Waals surface area contributed by atoms with E-state index in [1.54, 1.807) is 49.4 Å². The van der Waals surface area contributed by atoms with Crippen molar-refractivity contribution < 1.29 is 33.4 Å². The Morgan fingerprint density at radius 3 is 2.64 bits per heavy atom. The number of furan rings is 1. The van der Waals surface area contributed by atoms with E-state index in [-0.39, 0.29) is 23.1 Å². The summed E-state index contributed by atoms with van der Waals surface area (Å²) in [6.45, 7) is 2.10. The number of hydrogen-bond acceptors (Lipinski definition) is 7. The van der Waals surface area contributed by atoms with Gasteiger partial charge in [-0.25, -0.2) is 4.79 Å². The number of thiocarbonyl (C=S) groups is 1. The summed E-state index contributed by atoms with van der Waals surface area (Å²) in [7, 11) is 0. The lowest BCUT2D eigenvalue weighted by Gasteiger charge is -2.29. The predicted octanol–water partition coefficient (Wildman–Crippen LogP) is 4.44. The molecule has 3 aromatic rings. The zero-order valence-electron chi connectivity index (χ0n) is 18.8. The predicted molar refractivity (Wildman–Crippen MR) is 135 cm³/mol. The highest BCUT2D eigenvalue weighted by Gasteiger charge is 2.34. The van der Waals surface area contributed by atoms with Crippen molar-refractivity contribution in [1.29, 1.82) is 0 Å². The van der Waals surface area contributed by atoms with Gasteiger partial charge in [0.2, 0.25) is 5.76 Å². The minimum atomic E-state index is -1.18. The van der Waals surface area contributed by atoms with E-state index in [1.165, 1.54) is 23.1 Å². The van der Waals surface area contributed by atoms with Gasteiger partial charge in [0.05, 0.1) is 12.3 Å². The van der Waals surface area contributed by atoms with Crippen LogP contribution in [0.25, 0.3) is 6.08 Å². The second-order valence-electron chi connectivity index (χ2n) is 7.44. The summed E-state index contributed by atoms with van der Waals surface area (Å²) in [5, 5.41) is 11.9. The molecule has 1 aromatic heterocycles. The highest BCUT2D eigenvalue weighted by molar-refractivity contribution is 7.80. The Morgan fingerprint density at radius 1 is 1.14 bits per heavy atom. The molecular formula is C25H19ClN2O7S. The number of amides is 2. The zero-order chi connectivity index (χ0) is 25.8. The van der Waals surface area contributed by atoms with Gasteiger partial charge in [0, 0.05) is 5.02 Å². The topological polar surface area (TPSA) is 118 Å². The molecule has 2 N–H and O–H groups in total. The van der Waals surface area contributed by atoms with Crippen molar-refractivity contribution >= 4 is 58.5 Å². The van der Waals surface area contributed by atoms with Gasteiger partial charge in [-0.15, -0.1) is 0 Å². The number of hydrogen-bond donors (Lipinski definition) is 2. The molecule has 36 heavy (non-hydrogen) atoms. The molecule has 0 bridgehead atoms. The van der Waals surface area contributed by atoms with E-state index < -0.39 is 17.8 Å². The van der Waals surface area contributed by atoms with E-state index in [0.29, 0.717) is 40.1 Å². The first-order valence-corrected chi connectivity index (χ1v) is 11.4. The number of benzene rings is 2. The molecule has 0 spiro atoms. The number of carbonyl (C=O) groups is 3. The van der Waals surface area contributed by atoms with Crippen LogP contribution in [0.4, 0.5) is 5.69 Å². The van der Waals surface area contributed by atoms with Crippen LogP contribution in [0.5, 0.6) is 11.5 Å². The second kappa shape index (κ2) is 10.6. The van der Waals surface area contributed by atoms with Gasteiger partial charge >= 0.3 is 5.97 Å². The number of anilines is 1. The van der Waals surface area contributed by atoms with Crippen LogP contribution in [0, 0.1) is 0 Å². The maximum absolute atomic E-state index is 13.2. The van der Waals surface area contributed by atoms with E-state index >= 15 is 0 Å². The Labute approximate surface area is 215 Å². The van der Waals surface area contributed by atoms with Crippen LogP contribution in [0.1, 0.15) is 28.8 Å². The molecule has 0 aliphatic carbocycles. The Bertz CT molecular complexity index is 1400. The summed E-state index contributed by atoms with van der Waals surface area (Å²) in [5.74, 6) is -1.55. The van der Waals surface area contributed by atoms with Crippen LogP contribution >= 0.6 is 23.8 Å². The van der Waals surface area contributed by atoms with Crippen molar-refractivity contribution in [2.75, 3.05) is 11.5 Å². The molecule has 1 aliphatic rings. The van der Waals surface area contributed by atoms with Gasteiger partial charge in [0.15, 0.2) is 16.6 Å². The molecule has 11 heteroatoms. The number of rotatable bonds is 8. The molecule has 0 unspecified atom stereocenters. The molecular weight excluding hydrogens is 508 g/mol. The van der Waals surface area contributed by atoms with Gasteiger partial charge in [0.1, 0.15) is 17.9 Å². The van der Waals surface area contributed by atoms with Crippen LogP contribution in [0.2, 0.25) is 5.02 Å². The minimum absolute atomic E-state index is 0.0271. The van der Waals surface area contributed by atoms with Crippen molar-refractivity contribution in [3.63, 3.8) is 0 Å². The first-order valence-electron chi connectivity index (χ1n) is 10.7. The summed E-state index contributed by atoms with van der Waals surface area (Å²) in [6.07, 6.45) is 1.43. The molecule has 1 aliphatic heterocycles. The lowest BCUT2D eigenvalue weighted by atomic mass is 10.1. The molecule has 0 atom stereocenters. The number of halogens is 1. The number of carboxylic acids is 1. The van der Waals surface area contributed by atoms with Crippen LogP contribution in [-0.4, -0.2) is 34.6 Å². The van der Waals surface area contributed by atoms with Crippen LogP contribution < -0.4 is 19.7 Å². The van der Waals surface area contributed by atoms with Crippen molar-refractivity contribution in [3.05, 3.63) is 82.3 Å². The van der Waals surface area contributed by atoms with E-state index in [2.05, 4.69) is 5.32 Å².